The molecule has 150 valence electrons. The van der Waals surface area contributed by atoms with Crippen LogP contribution in [0.2, 0.25) is 0 Å². The number of amides is 2. The Morgan fingerprint density at radius 3 is 2.52 bits per heavy atom. The smallest absolute Gasteiger partial charge is 0.251 e. The number of likely N-dealkylation sites (tertiary alicyclic amines) is 1. The van der Waals surface area contributed by atoms with E-state index >= 15 is 0 Å². The number of fused-ring (bicyclic) bond motifs is 4. The Labute approximate surface area is 169 Å². The minimum atomic E-state index is -0.402. The molecule has 0 unspecified atom stereocenters. The molecular formula is C23H25N3O3. The van der Waals surface area contributed by atoms with E-state index in [0.29, 0.717) is 24.7 Å². The average molecular weight is 391 g/mol. The molecule has 3 aliphatic heterocycles. The number of carbonyl (C=O) groups excluding carboxylic acids is 2. The fourth-order valence-corrected chi connectivity index (χ4v) is 5.24. The van der Waals surface area contributed by atoms with Crippen molar-refractivity contribution in [3.63, 3.8) is 0 Å². The molecule has 1 aromatic heterocycles. The molecule has 2 saturated heterocycles. The number of aromatic nitrogens is 1. The number of piperidine rings is 1. The number of carbonyl (C=O) groups is 2. The van der Waals surface area contributed by atoms with Gasteiger partial charge in [0, 0.05) is 37.3 Å². The van der Waals surface area contributed by atoms with Crippen molar-refractivity contribution in [3.05, 3.63) is 64.1 Å². The Morgan fingerprint density at radius 2 is 1.76 bits per heavy atom. The van der Waals surface area contributed by atoms with Crippen LogP contribution in [0.3, 0.4) is 0 Å². The van der Waals surface area contributed by atoms with Crippen molar-refractivity contribution in [2.75, 3.05) is 18.0 Å². The highest BCUT2D eigenvalue weighted by Crippen LogP contribution is 2.37. The van der Waals surface area contributed by atoms with Gasteiger partial charge in [0.25, 0.3) is 11.5 Å². The Balaban J connectivity index is 1.39. The van der Waals surface area contributed by atoms with E-state index < -0.39 is 6.04 Å². The van der Waals surface area contributed by atoms with E-state index in [1.54, 1.807) is 6.07 Å². The molecule has 3 atom stereocenters. The summed E-state index contributed by atoms with van der Waals surface area (Å²) in [5.41, 5.74) is 2.96. The van der Waals surface area contributed by atoms with Gasteiger partial charge in [-0.1, -0.05) is 25.1 Å². The number of aryl methyl sites for hydroxylation is 1. The Morgan fingerprint density at radius 1 is 0.966 bits per heavy atom. The highest BCUT2D eigenvalue weighted by molar-refractivity contribution is 6.22. The lowest BCUT2D eigenvalue weighted by molar-refractivity contribution is -0.123. The van der Waals surface area contributed by atoms with E-state index in [4.69, 9.17) is 0 Å². The van der Waals surface area contributed by atoms with Crippen molar-refractivity contribution in [3.8, 4) is 0 Å². The van der Waals surface area contributed by atoms with Crippen LogP contribution in [0.4, 0.5) is 5.69 Å². The van der Waals surface area contributed by atoms with Gasteiger partial charge in [-0.15, -0.1) is 0 Å². The first kappa shape index (κ1) is 18.3. The van der Waals surface area contributed by atoms with Crippen LogP contribution in [0.15, 0.2) is 47.3 Å². The highest BCUT2D eigenvalue weighted by Gasteiger charge is 2.46. The topological polar surface area (TPSA) is 62.6 Å². The number of anilines is 1. The van der Waals surface area contributed by atoms with Gasteiger partial charge in [-0.25, -0.2) is 4.90 Å². The first-order valence-corrected chi connectivity index (χ1v) is 10.4. The van der Waals surface area contributed by atoms with Crippen LogP contribution in [0, 0.1) is 5.92 Å². The van der Waals surface area contributed by atoms with Crippen LogP contribution in [-0.4, -0.2) is 40.4 Å². The van der Waals surface area contributed by atoms with Crippen molar-refractivity contribution >= 4 is 17.5 Å². The minimum Gasteiger partial charge on any atom is -0.312 e. The number of benzene rings is 1. The van der Waals surface area contributed by atoms with Crippen LogP contribution in [0.25, 0.3) is 0 Å². The van der Waals surface area contributed by atoms with E-state index in [0.717, 1.165) is 25.1 Å². The summed E-state index contributed by atoms with van der Waals surface area (Å²) in [4.78, 5) is 41.7. The second-order valence-corrected chi connectivity index (χ2v) is 8.46. The molecule has 1 aromatic carbocycles. The van der Waals surface area contributed by atoms with Gasteiger partial charge in [0.05, 0.1) is 18.2 Å². The molecule has 2 amide bonds. The molecule has 2 fully saturated rings. The summed E-state index contributed by atoms with van der Waals surface area (Å²) in [6.07, 6.45) is 2.19. The maximum Gasteiger partial charge on any atom is 0.251 e. The van der Waals surface area contributed by atoms with Gasteiger partial charge < -0.3 is 4.57 Å². The van der Waals surface area contributed by atoms with Gasteiger partial charge in [0.1, 0.15) is 0 Å². The lowest BCUT2D eigenvalue weighted by atomic mass is 9.82. The zero-order valence-corrected chi connectivity index (χ0v) is 16.6. The quantitative estimate of drug-likeness (QED) is 0.753. The second-order valence-electron chi connectivity index (χ2n) is 8.46. The largest absolute Gasteiger partial charge is 0.312 e. The maximum atomic E-state index is 13.2. The fourth-order valence-electron chi connectivity index (χ4n) is 5.24. The minimum absolute atomic E-state index is 0.0551. The van der Waals surface area contributed by atoms with Gasteiger partial charge >= 0.3 is 0 Å². The van der Waals surface area contributed by atoms with E-state index in [1.807, 2.05) is 41.0 Å². The molecule has 0 N–H and O–H groups in total. The molecule has 0 aliphatic carbocycles. The van der Waals surface area contributed by atoms with Gasteiger partial charge in [-0.2, -0.15) is 0 Å². The molecule has 4 heterocycles. The van der Waals surface area contributed by atoms with Crippen molar-refractivity contribution in [1.82, 2.24) is 9.47 Å². The summed E-state index contributed by atoms with van der Waals surface area (Å²) < 4.78 is 1.89. The van der Waals surface area contributed by atoms with Gasteiger partial charge in [-0.05, 0) is 42.5 Å². The van der Waals surface area contributed by atoms with Crippen molar-refractivity contribution in [1.29, 1.82) is 0 Å². The highest BCUT2D eigenvalue weighted by atomic mass is 16.2. The molecular weight excluding hydrogens is 366 g/mol. The maximum absolute atomic E-state index is 13.2. The van der Waals surface area contributed by atoms with E-state index in [1.165, 1.54) is 10.5 Å². The summed E-state index contributed by atoms with van der Waals surface area (Å²) >= 11 is 0. The third-order valence-electron chi connectivity index (χ3n) is 6.67. The van der Waals surface area contributed by atoms with Crippen LogP contribution in [0.1, 0.15) is 36.9 Å². The second kappa shape index (κ2) is 6.95. The number of rotatable bonds is 3. The predicted octanol–water partition coefficient (Wildman–Crippen LogP) is 2.16. The SMILES string of the molecule is CCc1ccc(N2C(=O)C[C@H](N3C[C@H]4C[C@H](C3)c3cccc(=O)n3C4)C2=O)cc1. The summed E-state index contributed by atoms with van der Waals surface area (Å²) in [6, 6.07) is 12.7. The summed E-state index contributed by atoms with van der Waals surface area (Å²) in [5, 5.41) is 0. The van der Waals surface area contributed by atoms with Gasteiger partial charge in [0.2, 0.25) is 5.91 Å². The number of imide groups is 1. The van der Waals surface area contributed by atoms with Crippen LogP contribution in [0.5, 0.6) is 0 Å². The first-order valence-electron chi connectivity index (χ1n) is 10.4. The summed E-state index contributed by atoms with van der Waals surface area (Å²) in [7, 11) is 0. The normalized spacial score (nSPS) is 26.7. The molecule has 0 spiro atoms. The van der Waals surface area contributed by atoms with Crippen LogP contribution < -0.4 is 10.5 Å². The van der Waals surface area contributed by atoms with Crippen molar-refractivity contribution in [2.24, 2.45) is 5.92 Å². The number of hydrogen-bond acceptors (Lipinski definition) is 4. The van der Waals surface area contributed by atoms with Gasteiger partial charge in [0.15, 0.2) is 0 Å². The first-order chi connectivity index (χ1) is 14.0. The Bertz CT molecular complexity index is 1030. The van der Waals surface area contributed by atoms with E-state index in [2.05, 4.69) is 11.8 Å². The average Bonchev–Trinajstić information content (AvgIpc) is 3.03. The zero-order chi connectivity index (χ0) is 20.1. The Hall–Kier alpha value is -2.73. The van der Waals surface area contributed by atoms with Crippen molar-refractivity contribution < 1.29 is 9.59 Å². The fraction of sp³-hybridized carbons (Fsp3) is 0.435. The third kappa shape index (κ3) is 3.02. The van der Waals surface area contributed by atoms with Crippen LogP contribution in [-0.2, 0) is 22.6 Å². The third-order valence-corrected chi connectivity index (χ3v) is 6.67. The standard InChI is InChI=1S/C23H25N3O3/c1-2-15-6-8-18(9-7-15)26-22(28)11-20(23(26)29)24-12-16-10-17(14-24)19-4-3-5-21(27)25(19)13-16/h3-9,16-17,20H,2,10-14H2,1H3/t16-,17-,20+/m1/s1. The van der Waals surface area contributed by atoms with Crippen LogP contribution >= 0.6 is 0 Å². The molecule has 6 nitrogen and oxygen atoms in total. The lowest BCUT2D eigenvalue weighted by Gasteiger charge is -2.44. The van der Waals surface area contributed by atoms with E-state index in [-0.39, 0.29) is 29.7 Å². The number of hydrogen-bond donors (Lipinski definition) is 0. The molecule has 3 aliphatic rings. The lowest BCUT2D eigenvalue weighted by Crippen LogP contribution is -2.52. The molecule has 29 heavy (non-hydrogen) atoms. The van der Waals surface area contributed by atoms with Crippen molar-refractivity contribution in [2.45, 2.75) is 44.7 Å². The Kier molecular flexibility index (Phi) is 4.39. The van der Waals surface area contributed by atoms with Gasteiger partial charge in [-0.3, -0.25) is 19.3 Å². The molecule has 6 heteroatoms. The molecule has 5 rings (SSSR count). The summed E-state index contributed by atoms with van der Waals surface area (Å²) in [6.45, 7) is 4.24. The number of nitrogens with zero attached hydrogens (tertiary/aromatic N) is 3. The molecule has 2 bridgehead atoms. The molecule has 2 aromatic rings. The molecule has 0 saturated carbocycles. The predicted molar refractivity (Wildman–Crippen MR) is 110 cm³/mol. The number of pyridine rings is 1. The molecule has 0 radical (unpaired) electrons. The summed E-state index contributed by atoms with van der Waals surface area (Å²) in [5.74, 6) is 0.320. The zero-order valence-electron chi connectivity index (χ0n) is 16.6. The monoisotopic (exact) mass is 391 g/mol. The van der Waals surface area contributed by atoms with E-state index in [9.17, 15) is 14.4 Å².